The molecule has 6 nitrogen and oxygen atoms in total. The van der Waals surface area contributed by atoms with Crippen LogP contribution in [0.4, 0.5) is 4.79 Å². The number of carbonyl (C=O) groups is 1. The van der Waals surface area contributed by atoms with Crippen molar-refractivity contribution >= 4 is 6.09 Å². The van der Waals surface area contributed by atoms with Gasteiger partial charge in [-0.2, -0.15) is 5.06 Å². The third-order valence-corrected chi connectivity index (χ3v) is 2.62. The van der Waals surface area contributed by atoms with Crippen molar-refractivity contribution in [3.8, 4) is 0 Å². The number of alkyl carbamates (subject to hydrolysis) is 1. The van der Waals surface area contributed by atoms with Gasteiger partial charge in [-0.05, 0) is 26.3 Å². The molecule has 0 fully saturated rings. The number of nitrogens with zero attached hydrogens (tertiary/aromatic N) is 1. The van der Waals surface area contributed by atoms with E-state index >= 15 is 0 Å². The van der Waals surface area contributed by atoms with Crippen molar-refractivity contribution < 1.29 is 19.5 Å². The number of carbonyl (C=O) groups excluding carboxylic acids is 1. The van der Waals surface area contributed by atoms with Crippen molar-refractivity contribution in [1.29, 1.82) is 0 Å². The van der Waals surface area contributed by atoms with Crippen LogP contribution in [0.2, 0.25) is 0 Å². The predicted octanol–water partition coefficient (Wildman–Crippen LogP) is 2.42. The number of hydrogen-bond donors (Lipinski definition) is 2. The average molecular weight is 310 g/mol. The number of hydroxylamine groups is 2. The second-order valence-electron chi connectivity index (χ2n) is 5.91. The van der Waals surface area contributed by atoms with Gasteiger partial charge in [-0.3, -0.25) is 0 Å². The molecule has 0 atom stereocenters. The highest BCUT2D eigenvalue weighted by molar-refractivity contribution is 5.67. The third kappa shape index (κ3) is 9.33. The molecule has 6 heteroatoms. The van der Waals surface area contributed by atoms with Gasteiger partial charge in [-0.1, -0.05) is 30.3 Å². The molecule has 0 saturated carbocycles. The molecule has 124 valence electrons. The second kappa shape index (κ2) is 9.40. The highest BCUT2D eigenvalue weighted by Crippen LogP contribution is 2.06. The number of nitrogens with one attached hydrogen (secondary N) is 1. The highest BCUT2D eigenvalue weighted by Gasteiger charge is 2.15. The maximum atomic E-state index is 11.4. The summed E-state index contributed by atoms with van der Waals surface area (Å²) in [6, 6.07) is 9.71. The lowest BCUT2D eigenvalue weighted by atomic mass is 10.2. The van der Waals surface area contributed by atoms with Crippen LogP contribution in [0.5, 0.6) is 0 Å². The molecule has 0 spiro atoms. The normalized spacial score (nSPS) is 11.5. The minimum atomic E-state index is -0.500. The fraction of sp³-hybridized carbons (Fsp3) is 0.562. The Hall–Kier alpha value is -1.63. The minimum Gasteiger partial charge on any atom is -0.444 e. The van der Waals surface area contributed by atoms with Gasteiger partial charge < -0.3 is 20.0 Å². The van der Waals surface area contributed by atoms with E-state index in [1.54, 1.807) is 0 Å². The van der Waals surface area contributed by atoms with Gasteiger partial charge in [-0.25, -0.2) is 4.79 Å². The Morgan fingerprint density at radius 1 is 1.23 bits per heavy atom. The summed E-state index contributed by atoms with van der Waals surface area (Å²) in [5.41, 5.74) is 0.538. The number of hydrogen-bond acceptors (Lipinski definition) is 5. The van der Waals surface area contributed by atoms with Crippen LogP contribution in [-0.2, 0) is 16.0 Å². The van der Waals surface area contributed by atoms with E-state index in [1.807, 2.05) is 51.1 Å². The topological polar surface area (TPSA) is 71.0 Å². The Balaban J connectivity index is 2.02. The fourth-order valence-corrected chi connectivity index (χ4v) is 1.68. The van der Waals surface area contributed by atoms with Crippen LogP contribution in [0.1, 0.15) is 26.3 Å². The number of ether oxygens (including phenoxy) is 2. The molecule has 0 aromatic heterocycles. The fourth-order valence-electron chi connectivity index (χ4n) is 1.68. The van der Waals surface area contributed by atoms with Gasteiger partial charge in [0.25, 0.3) is 0 Å². The standard InChI is InChI=1S/C16H26N2O4/c1-16(2,3)22-15(19)17-9-11-21-12-10-18(20)13-14-7-5-4-6-8-14/h4-8,20H,9-13H2,1-3H3,(H,17,19). The van der Waals surface area contributed by atoms with E-state index in [4.69, 9.17) is 9.47 Å². The van der Waals surface area contributed by atoms with Crippen molar-refractivity contribution in [2.24, 2.45) is 0 Å². The maximum absolute atomic E-state index is 11.4. The van der Waals surface area contributed by atoms with E-state index < -0.39 is 11.7 Å². The Kier molecular flexibility index (Phi) is 7.87. The van der Waals surface area contributed by atoms with Gasteiger partial charge in [0, 0.05) is 19.6 Å². The van der Waals surface area contributed by atoms with Crippen LogP contribution in [0.25, 0.3) is 0 Å². The summed E-state index contributed by atoms with van der Waals surface area (Å²) in [5.74, 6) is 0. The third-order valence-electron chi connectivity index (χ3n) is 2.62. The molecule has 0 bridgehead atoms. The molecule has 0 unspecified atom stereocenters. The average Bonchev–Trinajstić information content (AvgIpc) is 2.42. The van der Waals surface area contributed by atoms with Crippen molar-refractivity contribution in [3.05, 3.63) is 35.9 Å². The number of benzene rings is 1. The largest absolute Gasteiger partial charge is 0.444 e. The Labute approximate surface area is 132 Å². The van der Waals surface area contributed by atoms with E-state index in [0.717, 1.165) is 5.56 Å². The molecule has 0 radical (unpaired) electrons. The van der Waals surface area contributed by atoms with Gasteiger partial charge in [0.1, 0.15) is 5.60 Å². The molecule has 1 aromatic carbocycles. The lowest BCUT2D eigenvalue weighted by Crippen LogP contribution is -2.34. The van der Waals surface area contributed by atoms with Crippen LogP contribution < -0.4 is 5.32 Å². The number of rotatable bonds is 8. The summed E-state index contributed by atoms with van der Waals surface area (Å²) in [6.45, 7) is 7.43. The van der Waals surface area contributed by atoms with Gasteiger partial charge in [0.05, 0.1) is 13.2 Å². The minimum absolute atomic E-state index is 0.373. The molecule has 1 amide bonds. The smallest absolute Gasteiger partial charge is 0.407 e. The first-order valence-electron chi connectivity index (χ1n) is 7.39. The summed E-state index contributed by atoms with van der Waals surface area (Å²) >= 11 is 0. The predicted molar refractivity (Wildman–Crippen MR) is 83.7 cm³/mol. The van der Waals surface area contributed by atoms with E-state index in [-0.39, 0.29) is 0 Å². The van der Waals surface area contributed by atoms with Gasteiger partial charge in [0.15, 0.2) is 0 Å². The molecular formula is C16H26N2O4. The Morgan fingerprint density at radius 3 is 2.55 bits per heavy atom. The zero-order valence-corrected chi connectivity index (χ0v) is 13.5. The van der Waals surface area contributed by atoms with E-state index in [2.05, 4.69) is 5.32 Å². The summed E-state index contributed by atoms with van der Waals surface area (Å²) in [5, 5.41) is 13.5. The molecular weight excluding hydrogens is 284 g/mol. The first-order chi connectivity index (χ1) is 10.4. The lowest BCUT2D eigenvalue weighted by Gasteiger charge is -2.19. The van der Waals surface area contributed by atoms with E-state index in [0.29, 0.717) is 32.8 Å². The molecule has 0 aliphatic rings. The van der Waals surface area contributed by atoms with Crippen molar-refractivity contribution in [3.63, 3.8) is 0 Å². The molecule has 22 heavy (non-hydrogen) atoms. The summed E-state index contributed by atoms with van der Waals surface area (Å²) < 4.78 is 10.4. The van der Waals surface area contributed by atoms with Crippen LogP contribution >= 0.6 is 0 Å². The first kappa shape index (κ1) is 18.4. The van der Waals surface area contributed by atoms with Gasteiger partial charge in [-0.15, -0.1) is 0 Å². The second-order valence-corrected chi connectivity index (χ2v) is 5.91. The highest BCUT2D eigenvalue weighted by atomic mass is 16.6. The van der Waals surface area contributed by atoms with Crippen LogP contribution in [0.15, 0.2) is 30.3 Å². The van der Waals surface area contributed by atoms with Crippen LogP contribution in [0.3, 0.4) is 0 Å². The molecule has 2 N–H and O–H groups in total. The Morgan fingerprint density at radius 2 is 1.91 bits per heavy atom. The van der Waals surface area contributed by atoms with Crippen molar-refractivity contribution in [2.45, 2.75) is 32.9 Å². The Bertz CT molecular complexity index is 432. The number of amides is 1. The van der Waals surface area contributed by atoms with Crippen molar-refractivity contribution in [1.82, 2.24) is 10.4 Å². The summed E-state index contributed by atoms with van der Waals surface area (Å²) in [4.78, 5) is 11.4. The van der Waals surface area contributed by atoms with E-state index in [1.165, 1.54) is 5.06 Å². The molecule has 0 saturated heterocycles. The van der Waals surface area contributed by atoms with Crippen LogP contribution in [0, 0.1) is 0 Å². The van der Waals surface area contributed by atoms with Crippen LogP contribution in [-0.4, -0.2) is 48.3 Å². The molecule has 1 aromatic rings. The quantitative estimate of drug-likeness (QED) is 0.570. The zero-order chi connectivity index (χ0) is 16.4. The maximum Gasteiger partial charge on any atom is 0.407 e. The zero-order valence-electron chi connectivity index (χ0n) is 13.5. The molecule has 1 rings (SSSR count). The molecule has 0 aliphatic carbocycles. The first-order valence-corrected chi connectivity index (χ1v) is 7.39. The van der Waals surface area contributed by atoms with Gasteiger partial charge >= 0.3 is 6.09 Å². The summed E-state index contributed by atoms with van der Waals surface area (Å²) in [6.07, 6.45) is -0.455. The van der Waals surface area contributed by atoms with Crippen molar-refractivity contribution in [2.75, 3.05) is 26.3 Å². The monoisotopic (exact) mass is 310 g/mol. The molecule has 0 aliphatic heterocycles. The SMILES string of the molecule is CC(C)(C)OC(=O)NCCOCCN(O)Cc1ccccc1. The van der Waals surface area contributed by atoms with E-state index in [9.17, 15) is 10.0 Å². The summed E-state index contributed by atoms with van der Waals surface area (Å²) in [7, 11) is 0. The lowest BCUT2D eigenvalue weighted by molar-refractivity contribution is -0.112. The molecule has 0 heterocycles. The van der Waals surface area contributed by atoms with Gasteiger partial charge in [0.2, 0.25) is 0 Å².